The number of nitrogens with two attached hydrogens (primary N) is 2. The van der Waals surface area contributed by atoms with Crippen molar-refractivity contribution in [3.8, 4) is 22.8 Å². The van der Waals surface area contributed by atoms with Gasteiger partial charge in [-0.05, 0) is 85.8 Å². The quantitative estimate of drug-likeness (QED) is 0.0617. The molecule has 326 valence electrons. The van der Waals surface area contributed by atoms with Crippen molar-refractivity contribution in [1.82, 2.24) is 63.7 Å². The van der Waals surface area contributed by atoms with E-state index in [0.717, 1.165) is 64.8 Å². The van der Waals surface area contributed by atoms with Gasteiger partial charge in [-0.15, -0.1) is 9.48 Å². The number of anilines is 2. The fourth-order valence-corrected chi connectivity index (χ4v) is 6.57. The van der Waals surface area contributed by atoms with Crippen LogP contribution in [0.2, 0.25) is 5.28 Å². The van der Waals surface area contributed by atoms with Crippen molar-refractivity contribution in [2.24, 2.45) is 0 Å². The Morgan fingerprint density at radius 3 is 1.90 bits per heavy atom. The summed E-state index contributed by atoms with van der Waals surface area (Å²) >= 11 is 5.78. The van der Waals surface area contributed by atoms with Gasteiger partial charge in [0, 0.05) is 51.7 Å². The molecule has 0 spiro atoms. The van der Waals surface area contributed by atoms with Crippen molar-refractivity contribution in [1.29, 1.82) is 0 Å². The van der Waals surface area contributed by atoms with Crippen LogP contribution in [0.3, 0.4) is 0 Å². The second-order valence-electron chi connectivity index (χ2n) is 14.0. The molecule has 7 aromatic rings. The maximum absolute atomic E-state index is 10.9. The van der Waals surface area contributed by atoms with E-state index in [1.165, 1.54) is 11.9 Å². The Morgan fingerprint density at radius 1 is 0.794 bits per heavy atom. The summed E-state index contributed by atoms with van der Waals surface area (Å²) in [6.45, 7) is 2.21. The first-order valence-electron chi connectivity index (χ1n) is 19.5. The summed E-state index contributed by atoms with van der Waals surface area (Å²) in [6, 6.07) is 15.4. The molecule has 0 saturated heterocycles. The number of carboxylic acid groups (broad SMARTS) is 1. The van der Waals surface area contributed by atoms with Gasteiger partial charge in [-0.2, -0.15) is 19.3 Å². The normalized spacial score (nSPS) is 11.3. The van der Waals surface area contributed by atoms with E-state index >= 15 is 0 Å². The van der Waals surface area contributed by atoms with Crippen molar-refractivity contribution in [3.05, 3.63) is 78.9 Å². The number of pyridine rings is 3. The number of nitrogens with zero attached hydrogens (tertiary/aromatic N) is 12. The molecule has 2 aromatic carbocycles. The van der Waals surface area contributed by atoms with Crippen molar-refractivity contribution < 1.29 is 38.0 Å². The number of alkyl carbamates (subject to hydrolysis) is 1. The number of imidazole rings is 2. The number of halogens is 1. The molecule has 2 amide bonds. The molecule has 13 rings (SSSR count). The molecule has 0 fully saturated rings. The van der Waals surface area contributed by atoms with Gasteiger partial charge in [0.05, 0.1) is 30.3 Å². The summed E-state index contributed by atoms with van der Waals surface area (Å²) in [5.41, 5.74) is 20.8. The summed E-state index contributed by atoms with van der Waals surface area (Å²) in [4.78, 5) is 52.2. The zero-order valence-electron chi connectivity index (χ0n) is 33.8. The summed E-state index contributed by atoms with van der Waals surface area (Å²) in [5, 5.41) is 11.3. The molecule has 0 saturated carbocycles. The Morgan fingerprint density at radius 2 is 1.37 bits per heavy atom. The number of amides is 2. The fraction of sp³-hybridized carbons (Fsp3) is 0.256. The molecule has 0 radical (unpaired) electrons. The van der Waals surface area contributed by atoms with E-state index in [1.54, 1.807) is 41.6 Å². The molecule has 6 N–H and O–H groups in total. The average Bonchev–Trinajstić information content (AvgIpc) is 4.00. The molecule has 0 atom stereocenters. The third kappa shape index (κ3) is 9.02. The molecule has 6 aliphatic heterocycles. The van der Waals surface area contributed by atoms with Crippen LogP contribution < -0.4 is 16.8 Å². The van der Waals surface area contributed by atoms with E-state index in [-0.39, 0.29) is 11.1 Å². The van der Waals surface area contributed by atoms with Crippen molar-refractivity contribution >= 4 is 80.0 Å². The van der Waals surface area contributed by atoms with E-state index in [9.17, 15) is 9.59 Å². The van der Waals surface area contributed by atoms with Crippen LogP contribution in [0.1, 0.15) is 25.7 Å². The lowest BCUT2D eigenvalue weighted by Gasteiger charge is -2.12. The maximum atomic E-state index is 10.9. The Kier molecular flexibility index (Phi) is 12.1. The highest BCUT2D eigenvalue weighted by Crippen LogP contribution is 2.31. The van der Waals surface area contributed by atoms with Gasteiger partial charge < -0.3 is 40.7 Å². The second-order valence-corrected chi connectivity index (χ2v) is 14.3. The SMILES string of the molecule is CN(CCCCn1cnc2c(N)nc(-c3ccncc3)nc21)C(=O)O.CNC(=O)OCCCCn1cnc2c(N)nc(Cl)nc21.c1cc2cc3c1oon2-3.c1cc2cc3c1oon2-3. The highest BCUT2D eigenvalue weighted by atomic mass is 35.5. The lowest BCUT2D eigenvalue weighted by molar-refractivity contribution is 0.00177. The number of ether oxygens (including phenoxy) is 1. The Labute approximate surface area is 359 Å². The van der Waals surface area contributed by atoms with Gasteiger partial charge in [-0.3, -0.25) is 14.1 Å². The number of benzene rings is 2. The first-order valence-corrected chi connectivity index (χ1v) is 19.8. The molecule has 23 nitrogen and oxygen atoms in total. The van der Waals surface area contributed by atoms with Gasteiger partial charge >= 0.3 is 12.2 Å². The second kappa shape index (κ2) is 18.3. The molecule has 0 unspecified atom stereocenters. The Hall–Kier alpha value is -8.08. The number of nitrogen functional groups attached to an aromatic ring is 2. The lowest BCUT2D eigenvalue weighted by atomic mass is 10.2. The standard InChI is InChI=1S/C16H19N7O2.C11H15ClN6O2.2C6H3NO2/c1-22(16(24)25)8-2-3-9-23-10-19-12-13(17)20-14(21-15(12)23)11-4-6-18-7-5-11;1-14-11(19)20-5-3-2-4-18-6-15-7-8(13)16-10(12)17-9(7)18;2*1-2-6-5-3-4(1)7(5)9-8-6/h4-7,10H,2-3,8-9H2,1H3,(H,24,25)(H2,17,20,21);6H,2-5H2,1H3,(H,14,19)(H2,13,16,17);2*1-3H. The number of aryl methyl sites for hydroxylation is 2. The Bertz CT molecular complexity index is 2980. The lowest BCUT2D eigenvalue weighted by Crippen LogP contribution is -2.25. The van der Waals surface area contributed by atoms with E-state index in [2.05, 4.69) is 40.2 Å². The number of carbonyl (C=O) groups is 2. The van der Waals surface area contributed by atoms with Gasteiger partial charge in [0.1, 0.15) is 22.4 Å². The van der Waals surface area contributed by atoms with Gasteiger partial charge in [-0.1, -0.05) is 0 Å². The van der Waals surface area contributed by atoms with Gasteiger partial charge in [-0.25, -0.2) is 29.5 Å². The monoisotopic (exact) mass is 881 g/mol. The number of hydrogen-bond acceptors (Lipinski definition) is 16. The maximum Gasteiger partial charge on any atom is 0.407 e. The third-order valence-corrected chi connectivity index (χ3v) is 9.96. The number of hydrogen-bond donors (Lipinski definition) is 4. The summed E-state index contributed by atoms with van der Waals surface area (Å²) in [7, 11) is 3.08. The van der Waals surface area contributed by atoms with E-state index in [0.29, 0.717) is 60.2 Å². The zero-order valence-corrected chi connectivity index (χ0v) is 34.5. The minimum Gasteiger partial charge on any atom is -0.465 e. The van der Waals surface area contributed by atoms with Crippen LogP contribution in [0.5, 0.6) is 0 Å². The molecule has 63 heavy (non-hydrogen) atoms. The largest absolute Gasteiger partial charge is 0.465 e. The highest BCUT2D eigenvalue weighted by molar-refractivity contribution is 6.28. The molecule has 0 aliphatic carbocycles. The molecule has 8 bridgehead atoms. The first-order chi connectivity index (χ1) is 30.6. The van der Waals surface area contributed by atoms with E-state index in [1.807, 2.05) is 57.7 Å². The van der Waals surface area contributed by atoms with Crippen LogP contribution in [0.15, 0.2) is 92.1 Å². The van der Waals surface area contributed by atoms with Crippen molar-refractivity contribution in [2.75, 3.05) is 38.7 Å². The zero-order chi connectivity index (χ0) is 44.0. The number of fused-ring (bicyclic) bond motifs is 4. The molecule has 11 heterocycles. The predicted molar refractivity (Wildman–Crippen MR) is 228 cm³/mol. The number of carbonyl (C=O) groups excluding carboxylic acids is 1. The topological polar surface area (TPSA) is 293 Å². The van der Waals surface area contributed by atoms with Crippen molar-refractivity contribution in [3.63, 3.8) is 0 Å². The van der Waals surface area contributed by atoms with Gasteiger partial charge in [0.15, 0.2) is 28.8 Å². The van der Waals surface area contributed by atoms with Crippen molar-refractivity contribution in [2.45, 2.75) is 38.8 Å². The van der Waals surface area contributed by atoms with Crippen LogP contribution >= 0.6 is 11.6 Å². The number of rotatable bonds is 11. The first kappa shape index (κ1) is 41.6. The fourth-order valence-electron chi connectivity index (χ4n) is 6.40. The molecule has 5 aromatic heterocycles. The summed E-state index contributed by atoms with van der Waals surface area (Å²) in [5.74, 6) is 1.13. The van der Waals surface area contributed by atoms with Crippen LogP contribution in [0.25, 0.3) is 67.3 Å². The smallest absolute Gasteiger partial charge is 0.407 e. The van der Waals surface area contributed by atoms with E-state index in [4.69, 9.17) is 51.4 Å². The van der Waals surface area contributed by atoms with Gasteiger partial charge in [0.25, 0.3) is 0 Å². The molecular weight excluding hydrogens is 842 g/mol. The molecular formula is C39H40ClN15O8. The average molecular weight is 882 g/mol. The van der Waals surface area contributed by atoms with Crippen LogP contribution in [0.4, 0.5) is 21.2 Å². The number of aromatic nitrogens is 11. The Balaban J connectivity index is 0.000000125. The number of nitrogens with one attached hydrogen (secondary N) is 1. The number of unbranched alkanes of at least 4 members (excludes halogenated alkanes) is 2. The summed E-state index contributed by atoms with van der Waals surface area (Å²) in [6.07, 6.45) is 8.44. The van der Waals surface area contributed by atoms with E-state index < -0.39 is 12.2 Å². The van der Waals surface area contributed by atoms with Crippen LogP contribution in [-0.2, 0) is 17.8 Å². The van der Waals surface area contributed by atoms with Crippen LogP contribution in [-0.4, -0.2) is 103 Å². The minimum atomic E-state index is -0.921. The summed E-state index contributed by atoms with van der Waals surface area (Å²) < 4.78 is 31.1. The minimum absolute atomic E-state index is 0.0969. The third-order valence-electron chi connectivity index (χ3n) is 9.79. The highest BCUT2D eigenvalue weighted by Gasteiger charge is 2.20. The van der Waals surface area contributed by atoms with Crippen LogP contribution in [0, 0.1) is 0 Å². The molecule has 24 heteroatoms. The van der Waals surface area contributed by atoms with Gasteiger partial charge in [0.2, 0.25) is 16.4 Å². The molecule has 6 aliphatic rings. The predicted octanol–water partition coefficient (Wildman–Crippen LogP) is 6.44.